The molecule has 3 heteroatoms. The van der Waals surface area contributed by atoms with Gasteiger partial charge < -0.3 is 15.2 Å². The summed E-state index contributed by atoms with van der Waals surface area (Å²) in [4.78, 5) is 0. The number of β-amino-alcohol motifs (C(OH)–C–C–N with tert-alkyl or cyclic N) is 1. The van der Waals surface area contributed by atoms with Crippen LogP contribution in [0.1, 0.15) is 6.92 Å². The van der Waals surface area contributed by atoms with Crippen molar-refractivity contribution in [1.82, 2.24) is 5.32 Å². The standard InChI is InChI=1S/C9H17NO2/c1-3-12-6-7(2)8-4-10-5-9(8)11/h8-11H,2-6H2,1H3. The summed E-state index contributed by atoms with van der Waals surface area (Å²) < 4.78 is 5.22. The molecule has 3 nitrogen and oxygen atoms in total. The van der Waals surface area contributed by atoms with Gasteiger partial charge in [-0.1, -0.05) is 6.58 Å². The molecule has 1 fully saturated rings. The largest absolute Gasteiger partial charge is 0.391 e. The molecule has 70 valence electrons. The van der Waals surface area contributed by atoms with E-state index in [9.17, 15) is 5.11 Å². The van der Waals surface area contributed by atoms with Gasteiger partial charge in [-0.25, -0.2) is 0 Å². The molecule has 2 unspecified atom stereocenters. The third kappa shape index (κ3) is 2.30. The van der Waals surface area contributed by atoms with Gasteiger partial charge in [0.25, 0.3) is 0 Å². The first kappa shape index (κ1) is 9.71. The van der Waals surface area contributed by atoms with Gasteiger partial charge >= 0.3 is 0 Å². The van der Waals surface area contributed by atoms with Gasteiger partial charge in [0.15, 0.2) is 0 Å². The molecule has 0 aliphatic carbocycles. The first-order chi connectivity index (χ1) is 5.75. The van der Waals surface area contributed by atoms with Crippen molar-refractivity contribution < 1.29 is 9.84 Å². The number of rotatable bonds is 4. The second-order valence-corrected chi connectivity index (χ2v) is 3.13. The van der Waals surface area contributed by atoms with Crippen molar-refractivity contribution in [3.05, 3.63) is 12.2 Å². The van der Waals surface area contributed by atoms with E-state index in [-0.39, 0.29) is 12.0 Å². The Hall–Kier alpha value is -0.380. The molecule has 0 aromatic carbocycles. The molecule has 0 amide bonds. The lowest BCUT2D eigenvalue weighted by atomic mass is 9.98. The Balaban J connectivity index is 2.30. The predicted molar refractivity (Wildman–Crippen MR) is 48.0 cm³/mol. The molecule has 0 radical (unpaired) electrons. The highest BCUT2D eigenvalue weighted by atomic mass is 16.5. The predicted octanol–water partition coefficient (Wildman–Crippen LogP) is 0.159. The zero-order valence-electron chi connectivity index (χ0n) is 7.55. The minimum atomic E-state index is -0.280. The van der Waals surface area contributed by atoms with Crippen LogP contribution >= 0.6 is 0 Å². The van der Waals surface area contributed by atoms with Crippen molar-refractivity contribution in [2.45, 2.75) is 13.0 Å². The van der Waals surface area contributed by atoms with Crippen LogP contribution in [-0.4, -0.2) is 37.5 Å². The maximum atomic E-state index is 9.48. The summed E-state index contributed by atoms with van der Waals surface area (Å²) in [5.74, 6) is 0.177. The van der Waals surface area contributed by atoms with Crippen LogP contribution in [0.25, 0.3) is 0 Å². The molecule has 0 spiro atoms. The Morgan fingerprint density at radius 1 is 1.67 bits per heavy atom. The van der Waals surface area contributed by atoms with Crippen LogP contribution in [0.4, 0.5) is 0 Å². The number of hydrogen-bond acceptors (Lipinski definition) is 3. The molecule has 1 aliphatic rings. The van der Waals surface area contributed by atoms with Crippen molar-refractivity contribution in [2.75, 3.05) is 26.3 Å². The quantitative estimate of drug-likeness (QED) is 0.592. The van der Waals surface area contributed by atoms with Crippen LogP contribution in [0.2, 0.25) is 0 Å². The molecule has 1 aliphatic heterocycles. The van der Waals surface area contributed by atoms with E-state index in [4.69, 9.17) is 4.74 Å². The number of aliphatic hydroxyl groups excluding tert-OH is 1. The van der Waals surface area contributed by atoms with Crippen molar-refractivity contribution in [3.8, 4) is 0 Å². The highest BCUT2D eigenvalue weighted by Crippen LogP contribution is 2.17. The zero-order valence-corrected chi connectivity index (χ0v) is 7.55. The minimum Gasteiger partial charge on any atom is -0.391 e. The fraction of sp³-hybridized carbons (Fsp3) is 0.778. The lowest BCUT2D eigenvalue weighted by Gasteiger charge is -2.15. The van der Waals surface area contributed by atoms with Gasteiger partial charge in [0, 0.05) is 25.6 Å². The van der Waals surface area contributed by atoms with Gasteiger partial charge in [-0.3, -0.25) is 0 Å². The Labute approximate surface area is 73.4 Å². The monoisotopic (exact) mass is 171 g/mol. The van der Waals surface area contributed by atoms with E-state index in [1.807, 2.05) is 6.92 Å². The lowest BCUT2D eigenvalue weighted by Crippen LogP contribution is -2.21. The number of ether oxygens (including phenoxy) is 1. The summed E-state index contributed by atoms with van der Waals surface area (Å²) in [6.07, 6.45) is -0.280. The Morgan fingerprint density at radius 3 is 2.92 bits per heavy atom. The maximum Gasteiger partial charge on any atom is 0.0742 e. The molecule has 0 aromatic heterocycles. The number of hydrogen-bond donors (Lipinski definition) is 2. The van der Waals surface area contributed by atoms with E-state index in [2.05, 4.69) is 11.9 Å². The van der Waals surface area contributed by atoms with Crippen molar-refractivity contribution in [1.29, 1.82) is 0 Å². The van der Waals surface area contributed by atoms with Crippen LogP contribution in [0.15, 0.2) is 12.2 Å². The maximum absolute atomic E-state index is 9.48. The smallest absolute Gasteiger partial charge is 0.0742 e. The number of aliphatic hydroxyl groups is 1. The summed E-state index contributed by atoms with van der Waals surface area (Å²) >= 11 is 0. The van der Waals surface area contributed by atoms with Crippen molar-refractivity contribution >= 4 is 0 Å². The second-order valence-electron chi connectivity index (χ2n) is 3.13. The highest BCUT2D eigenvalue weighted by molar-refractivity contribution is 5.07. The molecule has 1 saturated heterocycles. The topological polar surface area (TPSA) is 41.5 Å². The molecule has 12 heavy (non-hydrogen) atoms. The second kappa shape index (κ2) is 4.60. The van der Waals surface area contributed by atoms with E-state index < -0.39 is 0 Å². The average molecular weight is 171 g/mol. The Kier molecular flexibility index (Phi) is 3.72. The summed E-state index contributed by atoms with van der Waals surface area (Å²) in [7, 11) is 0. The zero-order chi connectivity index (χ0) is 8.97. The summed E-state index contributed by atoms with van der Waals surface area (Å²) in [5, 5.41) is 12.6. The molecular formula is C9H17NO2. The van der Waals surface area contributed by atoms with Crippen LogP contribution in [0, 0.1) is 5.92 Å². The third-order valence-corrected chi connectivity index (χ3v) is 2.20. The van der Waals surface area contributed by atoms with Crippen molar-refractivity contribution in [2.24, 2.45) is 5.92 Å². The SMILES string of the molecule is C=C(COCC)C1CNCC1O. The third-order valence-electron chi connectivity index (χ3n) is 2.20. The first-order valence-corrected chi connectivity index (χ1v) is 4.40. The normalized spacial score (nSPS) is 29.2. The molecule has 1 rings (SSSR count). The van der Waals surface area contributed by atoms with Gasteiger partial charge in [0.2, 0.25) is 0 Å². The fourth-order valence-corrected chi connectivity index (χ4v) is 1.42. The summed E-state index contributed by atoms with van der Waals surface area (Å²) in [6, 6.07) is 0. The van der Waals surface area contributed by atoms with Gasteiger partial charge in [0.05, 0.1) is 12.7 Å². The minimum absolute atomic E-state index is 0.177. The summed E-state index contributed by atoms with van der Waals surface area (Å²) in [6.45, 7) is 8.63. The van der Waals surface area contributed by atoms with Crippen molar-refractivity contribution in [3.63, 3.8) is 0 Å². The number of nitrogens with one attached hydrogen (secondary N) is 1. The fourth-order valence-electron chi connectivity index (χ4n) is 1.42. The molecule has 1 heterocycles. The van der Waals surface area contributed by atoms with E-state index in [1.54, 1.807) is 0 Å². The highest BCUT2D eigenvalue weighted by Gasteiger charge is 2.26. The molecule has 2 N–H and O–H groups in total. The van der Waals surface area contributed by atoms with Crippen LogP contribution in [-0.2, 0) is 4.74 Å². The van der Waals surface area contributed by atoms with E-state index in [0.717, 1.165) is 12.1 Å². The summed E-state index contributed by atoms with van der Waals surface area (Å²) in [5.41, 5.74) is 0.995. The average Bonchev–Trinajstić information content (AvgIpc) is 2.47. The van der Waals surface area contributed by atoms with Gasteiger partial charge in [-0.2, -0.15) is 0 Å². The van der Waals surface area contributed by atoms with Gasteiger partial charge in [0.1, 0.15) is 0 Å². The Morgan fingerprint density at radius 2 is 2.42 bits per heavy atom. The molecular weight excluding hydrogens is 154 g/mol. The molecule has 2 atom stereocenters. The Bertz CT molecular complexity index is 159. The molecule has 0 aromatic rings. The van der Waals surface area contributed by atoms with Gasteiger partial charge in [-0.15, -0.1) is 0 Å². The molecule has 0 saturated carbocycles. The van der Waals surface area contributed by atoms with Gasteiger partial charge in [-0.05, 0) is 12.5 Å². The van der Waals surface area contributed by atoms with Crippen LogP contribution < -0.4 is 5.32 Å². The lowest BCUT2D eigenvalue weighted by molar-refractivity contribution is 0.132. The molecule has 0 bridgehead atoms. The van der Waals surface area contributed by atoms with Crippen LogP contribution in [0.3, 0.4) is 0 Å². The van der Waals surface area contributed by atoms with Crippen LogP contribution in [0.5, 0.6) is 0 Å². The first-order valence-electron chi connectivity index (χ1n) is 4.40. The van der Waals surface area contributed by atoms with E-state index in [0.29, 0.717) is 19.8 Å². The van der Waals surface area contributed by atoms with E-state index in [1.165, 1.54) is 0 Å². The van der Waals surface area contributed by atoms with E-state index >= 15 is 0 Å².